The van der Waals surface area contributed by atoms with Gasteiger partial charge in [-0.3, -0.25) is 4.79 Å². The number of nitrogens with one attached hydrogen (secondary N) is 1. The number of carbonyl (C=O) groups is 1. The number of hydrogen-bond acceptors (Lipinski definition) is 5. The zero-order valence-electron chi connectivity index (χ0n) is 30.2. The predicted molar refractivity (Wildman–Crippen MR) is 225 cm³/mol. The topological polar surface area (TPSA) is 58.6 Å². The fraction of sp³-hybridized carbons (Fsp3) is 0.213. The summed E-state index contributed by atoms with van der Waals surface area (Å²) in [6, 6.07) is 51.8. The Hall–Kier alpha value is -4.26. The Morgan fingerprint density at radius 2 is 1.09 bits per heavy atom. The first-order chi connectivity index (χ1) is 26.5. The molecule has 270 valence electrons. The molecule has 0 radical (unpaired) electrons. The van der Waals surface area contributed by atoms with Gasteiger partial charge in [0.25, 0.3) is 0 Å². The summed E-state index contributed by atoms with van der Waals surface area (Å²) in [5, 5.41) is 10.8. The van der Waals surface area contributed by atoms with E-state index in [0.717, 1.165) is 46.5 Å². The highest BCUT2D eigenvalue weighted by Gasteiger charge is 2.60. The minimum atomic E-state index is -3.58. The first-order valence-corrected chi connectivity index (χ1v) is 21.5. The molecule has 2 aliphatic rings. The summed E-state index contributed by atoms with van der Waals surface area (Å²) in [5.41, 5.74) is 3.96. The van der Waals surface area contributed by atoms with Gasteiger partial charge in [-0.25, -0.2) is 0 Å². The third kappa shape index (κ3) is 6.70. The fourth-order valence-corrected chi connectivity index (χ4v) is 12.6. The van der Waals surface area contributed by atoms with E-state index in [1.54, 1.807) is 0 Å². The molecule has 1 saturated heterocycles. The molecule has 3 atom stereocenters. The second-order valence-corrected chi connectivity index (χ2v) is 18.1. The summed E-state index contributed by atoms with van der Waals surface area (Å²) in [5.74, 6) is 0.0114. The third-order valence-corrected chi connectivity index (χ3v) is 15.1. The maximum atomic E-state index is 16.8. The molecule has 9 rings (SSSR count). The lowest BCUT2D eigenvalue weighted by Crippen LogP contribution is -2.45. The van der Waals surface area contributed by atoms with Gasteiger partial charge in [0.1, 0.15) is 0 Å². The van der Waals surface area contributed by atoms with Crippen molar-refractivity contribution in [3.8, 4) is 0 Å². The predicted octanol–water partition coefficient (Wildman–Crippen LogP) is 11.2. The van der Waals surface area contributed by atoms with E-state index in [1.165, 1.54) is 32.7 Å². The summed E-state index contributed by atoms with van der Waals surface area (Å²) in [6.07, 6.45) is 4.32. The van der Waals surface area contributed by atoms with Gasteiger partial charge in [-0.05, 0) is 74.0 Å². The van der Waals surface area contributed by atoms with Gasteiger partial charge in [-0.1, -0.05) is 168 Å². The minimum absolute atomic E-state index is 0.0114. The summed E-state index contributed by atoms with van der Waals surface area (Å²) in [4.78, 5) is 31.1. The van der Waals surface area contributed by atoms with E-state index in [9.17, 15) is 4.79 Å². The number of halogens is 1. The van der Waals surface area contributed by atoms with Gasteiger partial charge in [0.15, 0.2) is 13.7 Å². The maximum Gasteiger partial charge on any atom is 0.184 e. The molecule has 1 saturated carbocycles. The van der Waals surface area contributed by atoms with E-state index < -0.39 is 14.0 Å². The lowest BCUT2D eigenvalue weighted by atomic mass is 9.89. The van der Waals surface area contributed by atoms with E-state index in [2.05, 4.69) is 146 Å². The normalized spacial score (nSPS) is 19.3. The summed E-state index contributed by atoms with van der Waals surface area (Å²) in [6.45, 7) is 1.09. The number of hydrogen-bond donors (Lipinski definition) is 1. The fourth-order valence-electron chi connectivity index (χ4n) is 9.04. The monoisotopic (exact) mass is 791 g/mol. The van der Waals surface area contributed by atoms with Gasteiger partial charge in [0.05, 0.1) is 31.2 Å². The molecule has 2 fully saturated rings. The van der Waals surface area contributed by atoms with Crippen LogP contribution in [0.25, 0.3) is 32.3 Å². The average Bonchev–Trinajstić information content (AvgIpc) is 3.43. The molecule has 0 bridgehead atoms. The number of benzene rings is 7. The van der Waals surface area contributed by atoms with Crippen molar-refractivity contribution in [2.45, 2.75) is 63.3 Å². The lowest BCUT2D eigenvalue weighted by Gasteiger charge is -2.43. The zero-order valence-corrected chi connectivity index (χ0v) is 32.6. The van der Waals surface area contributed by atoms with E-state index >= 15 is 4.89 Å². The van der Waals surface area contributed by atoms with Crippen LogP contribution in [0, 0.1) is 0 Å². The van der Waals surface area contributed by atoms with E-state index in [-0.39, 0.29) is 24.3 Å². The highest BCUT2D eigenvalue weighted by atomic mass is 79.9. The maximum absolute atomic E-state index is 16.8. The number of fused-ring (bicyclic) bond motifs is 4. The zero-order chi connectivity index (χ0) is 36.6. The molecule has 1 aliphatic heterocycles. The summed E-state index contributed by atoms with van der Waals surface area (Å²) >= 11 is 3.53. The van der Waals surface area contributed by atoms with E-state index in [0.29, 0.717) is 18.7 Å². The number of nitrogens with zero attached hydrogens (tertiary/aromatic N) is 2. The van der Waals surface area contributed by atoms with Crippen molar-refractivity contribution in [1.82, 2.24) is 14.4 Å². The Morgan fingerprint density at radius 3 is 1.65 bits per heavy atom. The second kappa shape index (κ2) is 15.1. The van der Waals surface area contributed by atoms with E-state index in [1.807, 2.05) is 36.4 Å². The molecule has 54 heavy (non-hydrogen) atoms. The molecule has 0 spiro atoms. The number of ketones is 1. The number of Topliss-reactive ketones (excluding diaryl/α,β-unsaturated/α-hetero) is 1. The van der Waals surface area contributed by atoms with Gasteiger partial charge < -0.3 is 4.89 Å². The van der Waals surface area contributed by atoms with Crippen molar-refractivity contribution in [1.29, 1.82) is 0 Å². The van der Waals surface area contributed by atoms with Crippen molar-refractivity contribution >= 4 is 62.0 Å². The SMILES string of the molecule is O=C(C[C@@H](N[P+]1([O-])N(Cc2cccc3ccccc23)[C@@H]2CCCC[C@H]2N1Cc1cccc2ccccc12)c1cccc2ccccc12)c1ccc(Br)cc1. The molecule has 0 aromatic heterocycles. The molecule has 7 aromatic rings. The Morgan fingerprint density at radius 1 is 0.630 bits per heavy atom. The van der Waals surface area contributed by atoms with Gasteiger partial charge in [-0.2, -0.15) is 5.09 Å². The van der Waals surface area contributed by atoms with Crippen LogP contribution in [0.3, 0.4) is 0 Å². The molecular formula is C47H43BrN3O2P. The molecule has 0 amide bonds. The Kier molecular flexibility index (Phi) is 9.92. The molecule has 0 unspecified atom stereocenters. The van der Waals surface area contributed by atoms with Crippen molar-refractivity contribution in [3.05, 3.63) is 178 Å². The molecular weight excluding hydrogens is 749 g/mol. The Balaban J connectivity index is 1.20. The number of rotatable bonds is 10. The largest absolute Gasteiger partial charge is 0.636 e. The van der Waals surface area contributed by atoms with Crippen molar-refractivity contribution < 1.29 is 9.69 Å². The average molecular weight is 793 g/mol. The van der Waals surface area contributed by atoms with Gasteiger partial charge in [0, 0.05) is 16.5 Å². The van der Waals surface area contributed by atoms with Crippen LogP contribution in [0.15, 0.2) is 156 Å². The van der Waals surface area contributed by atoms with Crippen LogP contribution in [-0.4, -0.2) is 27.2 Å². The van der Waals surface area contributed by atoms with Crippen molar-refractivity contribution in [2.24, 2.45) is 0 Å². The highest BCUT2D eigenvalue weighted by Crippen LogP contribution is 2.66. The van der Waals surface area contributed by atoms with Crippen LogP contribution in [-0.2, 0) is 13.1 Å². The first kappa shape index (κ1) is 35.4. The molecule has 1 N–H and O–H groups in total. The highest BCUT2D eigenvalue weighted by molar-refractivity contribution is 9.10. The lowest BCUT2D eigenvalue weighted by molar-refractivity contribution is -0.196. The Labute approximate surface area is 326 Å². The molecule has 5 nitrogen and oxygen atoms in total. The summed E-state index contributed by atoms with van der Waals surface area (Å²) < 4.78 is 5.58. The van der Waals surface area contributed by atoms with Crippen LogP contribution in [0.1, 0.15) is 65.2 Å². The van der Waals surface area contributed by atoms with Crippen LogP contribution >= 0.6 is 23.9 Å². The van der Waals surface area contributed by atoms with Crippen LogP contribution in [0.5, 0.6) is 0 Å². The van der Waals surface area contributed by atoms with Crippen LogP contribution < -0.4 is 9.98 Å². The molecule has 1 heterocycles. The molecule has 1 aliphatic carbocycles. The van der Waals surface area contributed by atoms with Gasteiger partial charge >= 0.3 is 0 Å². The standard InChI is InChI=1S/C47H43BrN3O2P/c48-39-28-26-36(27-29-39)47(52)30-44(43-23-11-17-35-14-3-6-22-42(35)43)49-54(53)50(31-37-18-9-15-33-12-1-4-20-40(33)37)45-24-7-8-25-46(45)51(54)32-38-19-10-16-34-13-2-5-21-41(34)38/h1-6,9-23,26-29,44-46H,7-8,24-25,30-32H2,(H,49,53)/t44-,45-,46-/m1/s1. The van der Waals surface area contributed by atoms with Gasteiger partial charge in [0.2, 0.25) is 0 Å². The molecule has 7 heteroatoms. The first-order valence-electron chi connectivity index (χ1n) is 19.1. The summed E-state index contributed by atoms with van der Waals surface area (Å²) in [7, 11) is -3.58. The van der Waals surface area contributed by atoms with E-state index in [4.69, 9.17) is 0 Å². The van der Waals surface area contributed by atoms with Crippen molar-refractivity contribution in [2.75, 3.05) is 0 Å². The third-order valence-electron chi connectivity index (χ3n) is 11.7. The smallest absolute Gasteiger partial charge is 0.184 e. The van der Waals surface area contributed by atoms with Crippen LogP contribution in [0.4, 0.5) is 0 Å². The number of carbonyl (C=O) groups excluding carboxylic acids is 1. The van der Waals surface area contributed by atoms with Crippen molar-refractivity contribution in [3.63, 3.8) is 0 Å². The quantitative estimate of drug-likeness (QED) is 0.110. The molecule has 7 aromatic carbocycles. The van der Waals surface area contributed by atoms with Gasteiger partial charge in [-0.15, -0.1) is 9.34 Å². The minimum Gasteiger partial charge on any atom is -0.636 e. The Bertz CT molecular complexity index is 2360. The van der Waals surface area contributed by atoms with Crippen LogP contribution in [0.2, 0.25) is 0 Å². The second-order valence-electron chi connectivity index (χ2n) is 14.8.